The molecule has 4 nitrogen and oxygen atoms in total. The molecule has 0 aliphatic heterocycles. The summed E-state index contributed by atoms with van der Waals surface area (Å²) in [5.41, 5.74) is 3.59. The van der Waals surface area contributed by atoms with Crippen molar-refractivity contribution in [2.45, 2.75) is 57.1 Å². The molecule has 0 bridgehead atoms. The summed E-state index contributed by atoms with van der Waals surface area (Å²) in [4.78, 5) is 15.2. The van der Waals surface area contributed by atoms with Gasteiger partial charge >= 0.3 is 0 Å². The molecule has 1 unspecified atom stereocenters. The van der Waals surface area contributed by atoms with Crippen LogP contribution in [0.15, 0.2) is 41.2 Å². The molecule has 1 heterocycles. The molecule has 0 radical (unpaired) electrons. The SMILES string of the molecule is Cc1ccc(C(CC2CCCCC2)c2ccc(C[SH](=O)=O)cc2)[nH]c1=O. The molecule has 26 heavy (non-hydrogen) atoms. The van der Waals surface area contributed by atoms with E-state index in [9.17, 15) is 13.2 Å². The van der Waals surface area contributed by atoms with Crippen molar-refractivity contribution in [2.24, 2.45) is 5.92 Å². The Morgan fingerprint density at radius 1 is 1.04 bits per heavy atom. The standard InChI is InChI=1S/C21H27NO3S/c1-15-7-12-20(22-21(15)23)19(13-16-5-3-2-4-6-16)18-10-8-17(9-11-18)14-26(24)25/h7-12,16,19,26H,2-6,13-14H2,1H3,(H,22,23). The Hall–Kier alpha value is -1.88. The Labute approximate surface area is 156 Å². The van der Waals surface area contributed by atoms with Crippen LogP contribution in [0.1, 0.15) is 66.8 Å². The maximum atomic E-state index is 12.1. The lowest BCUT2D eigenvalue weighted by molar-refractivity contribution is 0.326. The Bertz CT molecular complexity index is 854. The van der Waals surface area contributed by atoms with Gasteiger partial charge in [0.15, 0.2) is 0 Å². The largest absolute Gasteiger partial charge is 0.325 e. The summed E-state index contributed by atoms with van der Waals surface area (Å²) in [5.74, 6) is 0.889. The van der Waals surface area contributed by atoms with Gasteiger partial charge in [-0.3, -0.25) is 4.79 Å². The third-order valence-electron chi connectivity index (χ3n) is 5.49. The monoisotopic (exact) mass is 373 g/mol. The highest BCUT2D eigenvalue weighted by atomic mass is 32.2. The zero-order valence-electron chi connectivity index (χ0n) is 15.2. The number of H-pyrrole nitrogens is 1. The van der Waals surface area contributed by atoms with E-state index >= 15 is 0 Å². The lowest BCUT2D eigenvalue weighted by Crippen LogP contribution is -2.18. The zero-order valence-corrected chi connectivity index (χ0v) is 16.1. The number of nitrogens with one attached hydrogen (secondary N) is 1. The summed E-state index contributed by atoms with van der Waals surface area (Å²) in [6.45, 7) is 1.82. The molecular formula is C21H27NO3S. The van der Waals surface area contributed by atoms with Crippen LogP contribution in [0.5, 0.6) is 0 Å². The fourth-order valence-corrected chi connectivity index (χ4v) is 4.48. The van der Waals surface area contributed by atoms with Gasteiger partial charge in [-0.25, -0.2) is 8.42 Å². The molecule has 1 N–H and O–H groups in total. The van der Waals surface area contributed by atoms with Crippen molar-refractivity contribution >= 4 is 10.7 Å². The first kappa shape index (κ1) is 18.9. The number of rotatable bonds is 6. The van der Waals surface area contributed by atoms with Crippen LogP contribution < -0.4 is 5.56 Å². The average molecular weight is 374 g/mol. The van der Waals surface area contributed by atoms with E-state index < -0.39 is 10.7 Å². The number of aryl methyl sites for hydroxylation is 1. The minimum atomic E-state index is -2.41. The highest BCUT2D eigenvalue weighted by Gasteiger charge is 2.22. The van der Waals surface area contributed by atoms with Gasteiger partial charge in [0.05, 0.1) is 5.75 Å². The summed E-state index contributed by atoms with van der Waals surface area (Å²) < 4.78 is 21.9. The first-order chi connectivity index (χ1) is 12.5. The van der Waals surface area contributed by atoms with Gasteiger partial charge < -0.3 is 4.98 Å². The number of hydrogen-bond acceptors (Lipinski definition) is 3. The Kier molecular flexibility index (Phi) is 6.30. The first-order valence-corrected chi connectivity index (χ1v) is 10.8. The molecule has 0 amide bonds. The fourth-order valence-electron chi connectivity index (χ4n) is 3.97. The van der Waals surface area contributed by atoms with Gasteiger partial charge in [0.1, 0.15) is 10.7 Å². The molecule has 1 aliphatic rings. The van der Waals surface area contributed by atoms with Crippen LogP contribution in [-0.2, 0) is 16.5 Å². The van der Waals surface area contributed by atoms with Crippen LogP contribution in [0.25, 0.3) is 0 Å². The van der Waals surface area contributed by atoms with Crippen molar-refractivity contribution in [3.8, 4) is 0 Å². The smallest absolute Gasteiger partial charge is 0.251 e. The summed E-state index contributed by atoms with van der Waals surface area (Å²) in [5, 5.41) is 0. The van der Waals surface area contributed by atoms with Crippen molar-refractivity contribution in [1.82, 2.24) is 4.98 Å². The second-order valence-electron chi connectivity index (χ2n) is 7.45. The molecule has 0 spiro atoms. The zero-order chi connectivity index (χ0) is 18.5. The summed E-state index contributed by atoms with van der Waals surface area (Å²) in [6, 6.07) is 11.7. The first-order valence-electron chi connectivity index (χ1n) is 9.43. The van der Waals surface area contributed by atoms with E-state index in [1.807, 2.05) is 43.3 Å². The Balaban J connectivity index is 1.90. The molecule has 1 aliphatic carbocycles. The third kappa shape index (κ3) is 4.85. The summed E-state index contributed by atoms with van der Waals surface area (Å²) in [6.07, 6.45) is 7.43. The number of pyridine rings is 1. The molecular weight excluding hydrogens is 346 g/mol. The van der Waals surface area contributed by atoms with Crippen LogP contribution in [0.4, 0.5) is 0 Å². The van der Waals surface area contributed by atoms with Crippen LogP contribution in [0.3, 0.4) is 0 Å². The van der Waals surface area contributed by atoms with Crippen molar-refractivity contribution in [2.75, 3.05) is 0 Å². The number of aromatic nitrogens is 1. The van der Waals surface area contributed by atoms with E-state index in [-0.39, 0.29) is 17.2 Å². The quantitative estimate of drug-likeness (QED) is 0.755. The average Bonchev–Trinajstić information content (AvgIpc) is 2.63. The molecule has 0 saturated heterocycles. The van der Waals surface area contributed by atoms with E-state index in [4.69, 9.17) is 0 Å². The number of aromatic amines is 1. The highest BCUT2D eigenvalue weighted by Crippen LogP contribution is 2.36. The third-order valence-corrected chi connectivity index (χ3v) is 6.12. The van der Waals surface area contributed by atoms with Crippen molar-refractivity contribution in [3.63, 3.8) is 0 Å². The van der Waals surface area contributed by atoms with Gasteiger partial charge in [-0.05, 0) is 36.5 Å². The fraction of sp³-hybridized carbons (Fsp3) is 0.476. The number of thiol groups is 1. The lowest BCUT2D eigenvalue weighted by atomic mass is 9.79. The second-order valence-corrected chi connectivity index (χ2v) is 8.43. The molecule has 1 fully saturated rings. The van der Waals surface area contributed by atoms with Crippen LogP contribution in [0, 0.1) is 12.8 Å². The topological polar surface area (TPSA) is 67.0 Å². The van der Waals surface area contributed by atoms with Gasteiger partial charge in [0, 0.05) is 17.2 Å². The minimum absolute atomic E-state index is 0.0314. The molecule has 1 aromatic carbocycles. The van der Waals surface area contributed by atoms with Gasteiger partial charge in [-0.2, -0.15) is 0 Å². The van der Waals surface area contributed by atoms with E-state index in [1.165, 1.54) is 32.1 Å². The van der Waals surface area contributed by atoms with E-state index in [1.54, 1.807) is 0 Å². The maximum Gasteiger partial charge on any atom is 0.251 e. The normalized spacial score (nSPS) is 16.7. The number of benzene rings is 1. The van der Waals surface area contributed by atoms with E-state index in [2.05, 4.69) is 4.98 Å². The van der Waals surface area contributed by atoms with E-state index in [0.717, 1.165) is 28.8 Å². The second kappa shape index (κ2) is 8.67. The Morgan fingerprint density at radius 2 is 1.73 bits per heavy atom. The highest BCUT2D eigenvalue weighted by molar-refractivity contribution is 7.71. The van der Waals surface area contributed by atoms with Crippen LogP contribution >= 0.6 is 0 Å². The van der Waals surface area contributed by atoms with E-state index in [0.29, 0.717) is 5.92 Å². The molecule has 140 valence electrons. The molecule has 1 saturated carbocycles. The van der Waals surface area contributed by atoms with Crippen LogP contribution in [0.2, 0.25) is 0 Å². The number of hydrogen-bond donors (Lipinski definition) is 2. The predicted molar refractivity (Wildman–Crippen MR) is 105 cm³/mol. The van der Waals surface area contributed by atoms with Crippen molar-refractivity contribution in [3.05, 3.63) is 69.1 Å². The van der Waals surface area contributed by atoms with Gasteiger partial charge in [0.25, 0.3) is 5.56 Å². The van der Waals surface area contributed by atoms with Gasteiger partial charge in [-0.1, -0.05) is 62.4 Å². The van der Waals surface area contributed by atoms with Gasteiger partial charge in [-0.15, -0.1) is 0 Å². The lowest BCUT2D eigenvalue weighted by Gasteiger charge is -2.27. The van der Waals surface area contributed by atoms with Gasteiger partial charge in [0.2, 0.25) is 0 Å². The van der Waals surface area contributed by atoms with Crippen LogP contribution in [-0.4, -0.2) is 13.4 Å². The molecule has 1 aromatic heterocycles. The minimum Gasteiger partial charge on any atom is -0.325 e. The van der Waals surface area contributed by atoms with Crippen molar-refractivity contribution < 1.29 is 8.42 Å². The molecule has 1 atom stereocenters. The van der Waals surface area contributed by atoms with Crippen molar-refractivity contribution in [1.29, 1.82) is 0 Å². The predicted octanol–water partition coefficient (Wildman–Crippen LogP) is 3.90. The molecule has 2 aromatic rings. The Morgan fingerprint density at radius 3 is 2.35 bits per heavy atom. The summed E-state index contributed by atoms with van der Waals surface area (Å²) >= 11 is 0. The molecule has 5 heteroatoms. The summed E-state index contributed by atoms with van der Waals surface area (Å²) in [7, 11) is -2.41. The molecule has 3 rings (SSSR count). The maximum absolute atomic E-state index is 12.1.